The topological polar surface area (TPSA) is 122 Å². The van der Waals surface area contributed by atoms with E-state index in [-0.39, 0.29) is 43.7 Å². The van der Waals surface area contributed by atoms with Crippen molar-refractivity contribution in [3.63, 3.8) is 0 Å². The van der Waals surface area contributed by atoms with Crippen molar-refractivity contribution in [1.82, 2.24) is 14.1 Å². The fourth-order valence-corrected chi connectivity index (χ4v) is 6.05. The smallest absolute Gasteiger partial charge is 0.320 e. The fourth-order valence-electron chi connectivity index (χ4n) is 4.83. The number of carboxylic acid groups (broad SMARTS) is 1. The molecule has 13 heteroatoms. The first-order valence-corrected chi connectivity index (χ1v) is 13.5. The maximum absolute atomic E-state index is 13.9. The first kappa shape index (κ1) is 25.8. The number of piperazine rings is 1. The summed E-state index contributed by atoms with van der Waals surface area (Å²) < 4.78 is 60.6. The summed E-state index contributed by atoms with van der Waals surface area (Å²) in [7, 11) is -3.98. The Morgan fingerprint density at radius 3 is 2.21 bits per heavy atom. The molecule has 0 saturated carbocycles. The molecule has 1 saturated heterocycles. The Bertz CT molecular complexity index is 1510. The van der Waals surface area contributed by atoms with Crippen molar-refractivity contribution in [2.24, 2.45) is 0 Å². The summed E-state index contributed by atoms with van der Waals surface area (Å²) >= 11 is 0. The standard InChI is InChI=1S/C25H24F2N4O6S/c26-18-11-19(27)13-20(12-18)31-25(34)24(37-21-9-16-3-1-2-4-17(16)10-21)22(14-28-31)29-5-7-30(8-6-29)38(35,36)15-23(32)33/h1-4,11-14,21H,5-10,15H2,(H,32,33). The van der Waals surface area contributed by atoms with Crippen molar-refractivity contribution in [2.75, 3.05) is 36.8 Å². The second-order valence-corrected chi connectivity index (χ2v) is 11.1. The van der Waals surface area contributed by atoms with Crippen LogP contribution in [0.4, 0.5) is 14.5 Å². The molecule has 2 aliphatic rings. The van der Waals surface area contributed by atoms with Crippen molar-refractivity contribution < 1.29 is 31.8 Å². The minimum Gasteiger partial charge on any atom is -0.482 e. The quantitative estimate of drug-likeness (QED) is 0.474. The fraction of sp³-hybridized carbons (Fsp3) is 0.320. The monoisotopic (exact) mass is 546 g/mol. The van der Waals surface area contributed by atoms with Crippen molar-refractivity contribution in [2.45, 2.75) is 18.9 Å². The van der Waals surface area contributed by atoms with Crippen LogP contribution in [0.25, 0.3) is 5.69 Å². The normalized spacial score (nSPS) is 16.4. The van der Waals surface area contributed by atoms with E-state index in [0.29, 0.717) is 24.6 Å². The molecule has 5 rings (SSSR count). The first-order chi connectivity index (χ1) is 18.1. The largest absolute Gasteiger partial charge is 0.482 e. The predicted octanol–water partition coefficient (Wildman–Crippen LogP) is 1.59. The molecular formula is C25H24F2N4O6S. The summed E-state index contributed by atoms with van der Waals surface area (Å²) in [5, 5.41) is 13.0. The van der Waals surface area contributed by atoms with Gasteiger partial charge in [-0.15, -0.1) is 0 Å². The van der Waals surface area contributed by atoms with Gasteiger partial charge in [-0.3, -0.25) is 9.59 Å². The van der Waals surface area contributed by atoms with Crippen molar-refractivity contribution in [3.8, 4) is 11.4 Å². The molecule has 1 aliphatic heterocycles. The summed E-state index contributed by atoms with van der Waals surface area (Å²) in [5.74, 6) is -4.26. The first-order valence-electron chi connectivity index (χ1n) is 11.9. The van der Waals surface area contributed by atoms with E-state index in [1.54, 1.807) is 4.90 Å². The molecule has 10 nitrogen and oxygen atoms in total. The molecule has 2 aromatic carbocycles. The molecule has 0 bridgehead atoms. The molecule has 0 spiro atoms. The molecule has 1 aliphatic carbocycles. The summed E-state index contributed by atoms with van der Waals surface area (Å²) in [4.78, 5) is 26.3. The van der Waals surface area contributed by atoms with Crippen LogP contribution < -0.4 is 15.2 Å². The maximum Gasteiger partial charge on any atom is 0.320 e. The molecule has 0 unspecified atom stereocenters. The molecule has 200 valence electrons. The predicted molar refractivity (Wildman–Crippen MR) is 133 cm³/mol. The van der Waals surface area contributed by atoms with Gasteiger partial charge < -0.3 is 14.7 Å². The van der Waals surface area contributed by atoms with Gasteiger partial charge in [0.1, 0.15) is 23.4 Å². The van der Waals surface area contributed by atoms with Crippen LogP contribution in [-0.2, 0) is 27.7 Å². The zero-order valence-electron chi connectivity index (χ0n) is 20.1. The number of ether oxygens (including phenoxy) is 1. The zero-order valence-corrected chi connectivity index (χ0v) is 20.9. The zero-order chi connectivity index (χ0) is 27.0. The highest BCUT2D eigenvalue weighted by atomic mass is 32.2. The second kappa shape index (κ2) is 10.1. The van der Waals surface area contributed by atoms with Gasteiger partial charge in [0, 0.05) is 45.1 Å². The Hall–Kier alpha value is -3.84. The summed E-state index contributed by atoms with van der Waals surface area (Å²) in [6.07, 6.45) is 2.11. The molecule has 0 amide bonds. The number of halogens is 2. The number of anilines is 1. The second-order valence-electron chi connectivity index (χ2n) is 9.16. The number of nitrogens with zero attached hydrogens (tertiary/aromatic N) is 4. The van der Waals surface area contributed by atoms with E-state index >= 15 is 0 Å². The van der Waals surface area contributed by atoms with E-state index in [9.17, 15) is 26.8 Å². The van der Waals surface area contributed by atoms with Gasteiger partial charge in [-0.25, -0.2) is 17.2 Å². The Labute approximate surface area is 216 Å². The average molecular weight is 547 g/mol. The van der Waals surface area contributed by atoms with E-state index in [1.807, 2.05) is 24.3 Å². The van der Waals surface area contributed by atoms with E-state index in [2.05, 4.69) is 5.10 Å². The van der Waals surface area contributed by atoms with Crippen LogP contribution in [0.3, 0.4) is 0 Å². The highest BCUT2D eigenvalue weighted by Crippen LogP contribution is 2.31. The van der Waals surface area contributed by atoms with Gasteiger partial charge in [-0.1, -0.05) is 24.3 Å². The summed E-state index contributed by atoms with van der Waals surface area (Å²) in [5.41, 5.74) is 1.68. The number of rotatable bonds is 7. The van der Waals surface area contributed by atoms with Crippen molar-refractivity contribution in [3.05, 3.63) is 81.8 Å². The van der Waals surface area contributed by atoms with Gasteiger partial charge >= 0.3 is 11.5 Å². The molecule has 2 heterocycles. The molecule has 1 aromatic heterocycles. The lowest BCUT2D eigenvalue weighted by Crippen LogP contribution is -2.50. The van der Waals surface area contributed by atoms with Gasteiger partial charge in [-0.2, -0.15) is 14.1 Å². The summed E-state index contributed by atoms with van der Waals surface area (Å²) in [6.45, 7) is 0.309. The Kier molecular flexibility index (Phi) is 6.88. The van der Waals surface area contributed by atoms with Crippen LogP contribution in [-0.4, -0.2) is 71.6 Å². The maximum atomic E-state index is 13.9. The highest BCUT2D eigenvalue weighted by Gasteiger charge is 2.32. The SMILES string of the molecule is O=C(O)CS(=O)(=O)N1CCN(c2cnn(-c3cc(F)cc(F)c3)c(=O)c2OC2Cc3ccccc3C2)CC1. The number of aromatic nitrogens is 2. The van der Waals surface area contributed by atoms with Crippen LogP contribution in [0, 0.1) is 11.6 Å². The van der Waals surface area contributed by atoms with E-state index in [0.717, 1.165) is 32.2 Å². The van der Waals surface area contributed by atoms with Gasteiger partial charge in [0.25, 0.3) is 0 Å². The van der Waals surface area contributed by atoms with Crippen LogP contribution in [0.1, 0.15) is 11.1 Å². The molecule has 38 heavy (non-hydrogen) atoms. The molecule has 1 fully saturated rings. The molecule has 0 atom stereocenters. The third-order valence-electron chi connectivity index (χ3n) is 6.58. The Balaban J connectivity index is 1.47. The number of hydrogen-bond acceptors (Lipinski definition) is 7. The highest BCUT2D eigenvalue weighted by molar-refractivity contribution is 7.89. The lowest BCUT2D eigenvalue weighted by atomic mass is 10.1. The number of benzene rings is 2. The van der Waals surface area contributed by atoms with Crippen LogP contribution in [0.15, 0.2) is 53.5 Å². The van der Waals surface area contributed by atoms with Crippen molar-refractivity contribution in [1.29, 1.82) is 0 Å². The van der Waals surface area contributed by atoms with Gasteiger partial charge in [0.2, 0.25) is 15.8 Å². The third-order valence-corrected chi connectivity index (χ3v) is 8.35. The number of aliphatic carboxylic acids is 1. The van der Waals surface area contributed by atoms with Gasteiger partial charge in [-0.05, 0) is 23.3 Å². The lowest BCUT2D eigenvalue weighted by Gasteiger charge is -2.35. The van der Waals surface area contributed by atoms with E-state index < -0.39 is 38.9 Å². The molecule has 1 N–H and O–H groups in total. The van der Waals surface area contributed by atoms with E-state index in [1.165, 1.54) is 6.20 Å². The van der Waals surface area contributed by atoms with Gasteiger partial charge in [0.15, 0.2) is 5.75 Å². The molecule has 0 radical (unpaired) electrons. The third kappa shape index (κ3) is 5.24. The lowest BCUT2D eigenvalue weighted by molar-refractivity contribution is -0.134. The molecule has 3 aromatic rings. The van der Waals surface area contributed by atoms with E-state index in [4.69, 9.17) is 9.84 Å². The van der Waals surface area contributed by atoms with Gasteiger partial charge in [0.05, 0.1) is 11.9 Å². The number of fused-ring (bicyclic) bond motifs is 1. The minimum absolute atomic E-state index is 0.00210. The number of sulfonamides is 1. The number of carbonyl (C=O) groups is 1. The van der Waals surface area contributed by atoms with Crippen LogP contribution >= 0.6 is 0 Å². The van der Waals surface area contributed by atoms with Crippen molar-refractivity contribution >= 4 is 21.7 Å². The number of hydrogen-bond donors (Lipinski definition) is 1. The number of carboxylic acids is 1. The summed E-state index contributed by atoms with van der Waals surface area (Å²) in [6, 6.07) is 10.5. The van der Waals surface area contributed by atoms with Crippen LogP contribution in [0.5, 0.6) is 5.75 Å². The minimum atomic E-state index is -3.98. The average Bonchev–Trinajstić information content (AvgIpc) is 3.26. The Morgan fingerprint density at radius 1 is 1.03 bits per heavy atom. The molecular weight excluding hydrogens is 522 g/mol. The van der Waals surface area contributed by atoms with Crippen LogP contribution in [0.2, 0.25) is 0 Å². The Morgan fingerprint density at radius 2 is 1.63 bits per heavy atom.